The fraction of sp³-hybridized carbons (Fsp3) is 0.179. The summed E-state index contributed by atoms with van der Waals surface area (Å²) in [5.41, 5.74) is 5.88. The van der Waals surface area contributed by atoms with Crippen molar-refractivity contribution in [2.45, 2.75) is 27.2 Å². The van der Waals surface area contributed by atoms with Crippen LogP contribution in [0.25, 0.3) is 42.6 Å². The number of pyridine rings is 1. The molecule has 31 heavy (non-hydrogen) atoms. The molecule has 0 aliphatic carbocycles. The van der Waals surface area contributed by atoms with Gasteiger partial charge in [0.25, 0.3) is 0 Å². The first-order valence-corrected chi connectivity index (χ1v) is 11.4. The van der Waals surface area contributed by atoms with Crippen LogP contribution in [-0.4, -0.2) is 4.98 Å². The summed E-state index contributed by atoms with van der Waals surface area (Å²) in [6, 6.07) is 24.0. The van der Waals surface area contributed by atoms with Crippen LogP contribution in [0.15, 0.2) is 79.0 Å². The van der Waals surface area contributed by atoms with E-state index >= 15 is 0 Å². The van der Waals surface area contributed by atoms with Crippen LogP contribution in [0, 0.1) is 11.2 Å². The van der Waals surface area contributed by atoms with Crippen molar-refractivity contribution < 1.29 is 4.39 Å². The molecule has 1 nitrogen and oxygen atoms in total. The molecule has 0 bridgehead atoms. The second kappa shape index (κ2) is 7.58. The number of fused-ring (bicyclic) bond motifs is 3. The molecule has 0 fully saturated rings. The Kier molecular flexibility index (Phi) is 4.86. The number of nitrogens with zero attached hydrogens (tertiary/aromatic N) is 1. The normalized spacial score (nSPS) is 12.0. The Morgan fingerprint density at radius 2 is 1.61 bits per heavy atom. The lowest BCUT2D eigenvalue weighted by atomic mass is 9.88. The van der Waals surface area contributed by atoms with E-state index in [1.807, 2.05) is 18.3 Å². The zero-order valence-corrected chi connectivity index (χ0v) is 18.8. The van der Waals surface area contributed by atoms with E-state index in [1.165, 1.54) is 43.4 Å². The van der Waals surface area contributed by atoms with Crippen molar-refractivity contribution >= 4 is 31.5 Å². The molecule has 0 spiro atoms. The van der Waals surface area contributed by atoms with Gasteiger partial charge in [-0.3, -0.25) is 4.98 Å². The van der Waals surface area contributed by atoms with Crippen LogP contribution in [0.5, 0.6) is 0 Å². The molecule has 0 aliphatic rings. The van der Waals surface area contributed by atoms with Gasteiger partial charge in [0.15, 0.2) is 0 Å². The third kappa shape index (κ3) is 3.98. The second-order valence-corrected chi connectivity index (χ2v) is 10.3. The van der Waals surface area contributed by atoms with E-state index < -0.39 is 0 Å². The van der Waals surface area contributed by atoms with Crippen LogP contribution in [0.3, 0.4) is 0 Å². The standard InChI is InChI=1S/C28H24FNS/c1-28(2,3)17-18-13-14-30-25(15-18)24-6-4-5-23-22-12-9-20(16-26(22)31-27(23)24)19-7-10-21(29)11-8-19/h4-16H,17H2,1-3H3. The van der Waals surface area contributed by atoms with Gasteiger partial charge in [-0.15, -0.1) is 11.3 Å². The van der Waals surface area contributed by atoms with Crippen molar-refractivity contribution in [3.05, 3.63) is 90.4 Å². The van der Waals surface area contributed by atoms with E-state index in [4.69, 9.17) is 4.98 Å². The molecule has 0 unspecified atom stereocenters. The smallest absolute Gasteiger partial charge is 0.123 e. The lowest BCUT2D eigenvalue weighted by Crippen LogP contribution is -2.09. The monoisotopic (exact) mass is 425 g/mol. The topological polar surface area (TPSA) is 12.9 Å². The zero-order valence-electron chi connectivity index (χ0n) is 17.9. The lowest BCUT2D eigenvalue weighted by molar-refractivity contribution is 0.411. The summed E-state index contributed by atoms with van der Waals surface area (Å²) in [6.45, 7) is 6.79. The minimum Gasteiger partial charge on any atom is -0.256 e. The van der Waals surface area contributed by atoms with Crippen LogP contribution in [0.2, 0.25) is 0 Å². The Bertz CT molecular complexity index is 1390. The molecule has 3 aromatic carbocycles. The van der Waals surface area contributed by atoms with Crippen molar-refractivity contribution in [2.24, 2.45) is 5.41 Å². The fourth-order valence-corrected chi connectivity index (χ4v) is 5.43. The Hall–Kier alpha value is -3.04. The average Bonchev–Trinajstić information content (AvgIpc) is 3.11. The van der Waals surface area contributed by atoms with Gasteiger partial charge < -0.3 is 0 Å². The number of hydrogen-bond acceptors (Lipinski definition) is 2. The van der Waals surface area contributed by atoms with Gasteiger partial charge in [-0.25, -0.2) is 4.39 Å². The first-order chi connectivity index (χ1) is 14.9. The van der Waals surface area contributed by atoms with Gasteiger partial charge >= 0.3 is 0 Å². The van der Waals surface area contributed by atoms with Gasteiger partial charge in [0.2, 0.25) is 0 Å². The maximum Gasteiger partial charge on any atom is 0.123 e. The Morgan fingerprint density at radius 3 is 2.39 bits per heavy atom. The number of aromatic nitrogens is 1. The van der Waals surface area contributed by atoms with Gasteiger partial charge in [0.05, 0.1) is 5.69 Å². The molecule has 0 saturated heterocycles. The summed E-state index contributed by atoms with van der Waals surface area (Å²) in [4.78, 5) is 4.70. The molecule has 0 amide bonds. The predicted molar refractivity (Wildman–Crippen MR) is 131 cm³/mol. The summed E-state index contributed by atoms with van der Waals surface area (Å²) in [7, 11) is 0. The third-order valence-corrected chi connectivity index (χ3v) is 6.71. The Labute approximate surface area is 186 Å². The van der Waals surface area contributed by atoms with Crippen molar-refractivity contribution in [1.82, 2.24) is 4.98 Å². The molecule has 2 aromatic heterocycles. The minimum atomic E-state index is -0.211. The number of halogens is 1. The van der Waals surface area contributed by atoms with Crippen LogP contribution < -0.4 is 0 Å². The average molecular weight is 426 g/mol. The highest BCUT2D eigenvalue weighted by atomic mass is 32.1. The van der Waals surface area contributed by atoms with Crippen molar-refractivity contribution in [3.8, 4) is 22.4 Å². The molecule has 3 heteroatoms. The summed E-state index contributed by atoms with van der Waals surface area (Å²) >= 11 is 1.80. The molecule has 0 atom stereocenters. The molecule has 2 heterocycles. The van der Waals surface area contributed by atoms with E-state index in [0.717, 1.165) is 23.2 Å². The van der Waals surface area contributed by atoms with Crippen molar-refractivity contribution in [1.29, 1.82) is 0 Å². The van der Waals surface area contributed by atoms with E-state index in [2.05, 4.69) is 69.3 Å². The first kappa shape index (κ1) is 19.9. The zero-order chi connectivity index (χ0) is 21.6. The summed E-state index contributed by atoms with van der Waals surface area (Å²) in [5, 5.41) is 2.50. The molecule has 5 aromatic rings. The highest BCUT2D eigenvalue weighted by Crippen LogP contribution is 2.41. The van der Waals surface area contributed by atoms with E-state index in [1.54, 1.807) is 11.3 Å². The van der Waals surface area contributed by atoms with Crippen LogP contribution in [0.4, 0.5) is 4.39 Å². The van der Waals surface area contributed by atoms with Crippen LogP contribution in [-0.2, 0) is 6.42 Å². The summed E-state index contributed by atoms with van der Waals surface area (Å²) in [6.07, 6.45) is 2.95. The van der Waals surface area contributed by atoms with Gasteiger partial charge in [-0.05, 0) is 58.9 Å². The van der Waals surface area contributed by atoms with E-state index in [9.17, 15) is 4.39 Å². The Balaban J connectivity index is 1.63. The number of rotatable bonds is 3. The third-order valence-electron chi connectivity index (χ3n) is 5.51. The molecule has 5 rings (SSSR count). The number of benzene rings is 3. The first-order valence-electron chi connectivity index (χ1n) is 10.5. The molecular formula is C28H24FNS. The van der Waals surface area contributed by atoms with Gasteiger partial charge in [0, 0.05) is 31.9 Å². The molecule has 0 aliphatic heterocycles. The highest BCUT2D eigenvalue weighted by molar-refractivity contribution is 7.26. The number of thiophene rings is 1. The SMILES string of the molecule is CC(C)(C)Cc1ccnc(-c2cccc3c2sc2cc(-c4ccc(F)cc4)ccc23)c1. The van der Waals surface area contributed by atoms with Gasteiger partial charge in [-0.1, -0.05) is 63.2 Å². The van der Waals surface area contributed by atoms with Gasteiger partial charge in [0.1, 0.15) is 5.82 Å². The summed E-state index contributed by atoms with van der Waals surface area (Å²) < 4.78 is 15.8. The van der Waals surface area contributed by atoms with E-state index in [-0.39, 0.29) is 11.2 Å². The van der Waals surface area contributed by atoms with E-state index in [0.29, 0.717) is 0 Å². The quantitative estimate of drug-likeness (QED) is 0.282. The second-order valence-electron chi connectivity index (χ2n) is 9.29. The van der Waals surface area contributed by atoms with Crippen LogP contribution in [0.1, 0.15) is 26.3 Å². The van der Waals surface area contributed by atoms with Crippen LogP contribution >= 0.6 is 11.3 Å². The van der Waals surface area contributed by atoms with Crippen molar-refractivity contribution in [3.63, 3.8) is 0 Å². The maximum atomic E-state index is 13.3. The maximum absolute atomic E-state index is 13.3. The molecule has 0 N–H and O–H groups in total. The number of hydrogen-bond donors (Lipinski definition) is 0. The van der Waals surface area contributed by atoms with Crippen molar-refractivity contribution in [2.75, 3.05) is 0 Å². The molecule has 154 valence electrons. The Morgan fingerprint density at radius 1 is 0.839 bits per heavy atom. The largest absolute Gasteiger partial charge is 0.256 e. The highest BCUT2D eigenvalue weighted by Gasteiger charge is 2.15. The lowest BCUT2D eigenvalue weighted by Gasteiger charge is -2.18. The molecule has 0 saturated carbocycles. The molecule has 0 radical (unpaired) electrons. The van der Waals surface area contributed by atoms with Gasteiger partial charge in [-0.2, -0.15) is 0 Å². The fourth-order valence-electron chi connectivity index (χ4n) is 4.17. The predicted octanol–water partition coefficient (Wildman–Crippen LogP) is 8.51. The summed E-state index contributed by atoms with van der Waals surface area (Å²) in [5.74, 6) is -0.211. The molecular weight excluding hydrogens is 401 g/mol. The minimum absolute atomic E-state index is 0.211.